The molecular weight excluding hydrogens is 343 g/mol. The van der Waals surface area contributed by atoms with Crippen molar-refractivity contribution in [1.29, 1.82) is 0 Å². The molecule has 25 heavy (non-hydrogen) atoms. The molecule has 0 aliphatic carbocycles. The number of fused-ring (bicyclic) bond motifs is 1. The van der Waals surface area contributed by atoms with Crippen LogP contribution in [0.4, 0.5) is 4.39 Å². The van der Waals surface area contributed by atoms with E-state index in [4.69, 9.17) is 9.47 Å². The van der Waals surface area contributed by atoms with Crippen molar-refractivity contribution < 1.29 is 13.9 Å². The van der Waals surface area contributed by atoms with Crippen molar-refractivity contribution in [2.24, 2.45) is 0 Å². The number of halogens is 1. The molecule has 2 heterocycles. The number of hydrogen-bond donors (Lipinski definition) is 0. The molecule has 2 aromatic heterocycles. The van der Waals surface area contributed by atoms with Gasteiger partial charge >= 0.3 is 0 Å². The minimum absolute atomic E-state index is 0.189. The first kappa shape index (κ1) is 15.5. The number of rotatable bonds is 5. The maximum absolute atomic E-state index is 12.9. The highest BCUT2D eigenvalue weighted by atomic mass is 32.1. The zero-order valence-corrected chi connectivity index (χ0v) is 14.0. The second-order valence-electron chi connectivity index (χ2n) is 5.19. The summed E-state index contributed by atoms with van der Waals surface area (Å²) in [5.41, 5.74) is 0.945. The zero-order chi connectivity index (χ0) is 17.2. The van der Waals surface area contributed by atoms with Gasteiger partial charge in [-0.15, -0.1) is 10.2 Å². The zero-order valence-electron chi connectivity index (χ0n) is 13.2. The van der Waals surface area contributed by atoms with Crippen LogP contribution in [0.5, 0.6) is 11.5 Å². The van der Waals surface area contributed by atoms with Crippen LogP contribution in [0.15, 0.2) is 48.5 Å². The molecule has 0 spiro atoms. The van der Waals surface area contributed by atoms with Gasteiger partial charge in [-0.3, -0.25) is 0 Å². The Morgan fingerprint density at radius 1 is 1.08 bits per heavy atom. The fourth-order valence-electron chi connectivity index (χ4n) is 2.30. The summed E-state index contributed by atoms with van der Waals surface area (Å²) in [6.07, 6.45) is 0. The van der Waals surface area contributed by atoms with E-state index in [1.54, 1.807) is 23.8 Å². The first-order valence-corrected chi connectivity index (χ1v) is 8.28. The van der Waals surface area contributed by atoms with E-state index in [2.05, 4.69) is 15.3 Å². The van der Waals surface area contributed by atoms with E-state index in [0.29, 0.717) is 16.5 Å². The highest BCUT2D eigenvalue weighted by molar-refractivity contribution is 7.19. The molecule has 6 nitrogen and oxygen atoms in total. The van der Waals surface area contributed by atoms with Gasteiger partial charge in [0.25, 0.3) is 0 Å². The van der Waals surface area contributed by atoms with Crippen molar-refractivity contribution in [2.45, 2.75) is 6.61 Å². The van der Waals surface area contributed by atoms with Crippen molar-refractivity contribution in [3.8, 4) is 22.1 Å². The van der Waals surface area contributed by atoms with E-state index in [1.807, 2.05) is 24.3 Å². The lowest BCUT2D eigenvalue weighted by molar-refractivity contribution is 0.292. The predicted octanol–water partition coefficient (Wildman–Crippen LogP) is 3.58. The predicted molar refractivity (Wildman–Crippen MR) is 91.4 cm³/mol. The molecule has 0 N–H and O–H groups in total. The monoisotopic (exact) mass is 356 g/mol. The molecule has 0 saturated heterocycles. The van der Waals surface area contributed by atoms with Gasteiger partial charge in [-0.1, -0.05) is 23.5 Å². The molecule has 0 unspecified atom stereocenters. The van der Waals surface area contributed by atoms with E-state index in [-0.39, 0.29) is 12.4 Å². The molecule has 4 rings (SSSR count). The molecule has 126 valence electrons. The highest BCUT2D eigenvalue weighted by Gasteiger charge is 2.14. The summed E-state index contributed by atoms with van der Waals surface area (Å²) >= 11 is 1.43. The number of benzene rings is 2. The van der Waals surface area contributed by atoms with Crippen LogP contribution in [0.1, 0.15) is 5.82 Å². The number of nitrogens with zero attached hydrogens (tertiary/aromatic N) is 4. The van der Waals surface area contributed by atoms with Gasteiger partial charge in [-0.25, -0.2) is 4.39 Å². The highest BCUT2D eigenvalue weighted by Crippen LogP contribution is 2.28. The minimum Gasteiger partial charge on any atom is -0.497 e. The molecule has 0 fully saturated rings. The molecule has 0 aliphatic heterocycles. The first-order valence-electron chi connectivity index (χ1n) is 7.47. The van der Waals surface area contributed by atoms with Crippen molar-refractivity contribution >= 4 is 16.3 Å². The third-order valence-electron chi connectivity index (χ3n) is 3.55. The van der Waals surface area contributed by atoms with E-state index in [0.717, 1.165) is 16.3 Å². The van der Waals surface area contributed by atoms with Crippen LogP contribution in [0.25, 0.3) is 15.5 Å². The van der Waals surface area contributed by atoms with Crippen LogP contribution in [0, 0.1) is 5.82 Å². The Labute approximate surface area is 146 Å². The third kappa shape index (κ3) is 3.16. The van der Waals surface area contributed by atoms with Gasteiger partial charge < -0.3 is 9.47 Å². The van der Waals surface area contributed by atoms with Gasteiger partial charge in [0.05, 0.1) is 7.11 Å². The Balaban J connectivity index is 1.58. The van der Waals surface area contributed by atoms with Gasteiger partial charge in [-0.05, 0) is 36.4 Å². The Hall–Kier alpha value is -3.00. The molecule has 0 aliphatic rings. The SMILES string of the molecule is COc1cccc(-c2nn3c(COc4ccc(F)cc4)nnc3s2)c1. The van der Waals surface area contributed by atoms with Crippen molar-refractivity contribution in [3.63, 3.8) is 0 Å². The summed E-state index contributed by atoms with van der Waals surface area (Å²) in [5.74, 6) is 1.59. The minimum atomic E-state index is -0.306. The van der Waals surface area contributed by atoms with E-state index in [1.165, 1.54) is 23.5 Å². The molecule has 8 heteroatoms. The van der Waals surface area contributed by atoms with Gasteiger partial charge in [0.1, 0.15) is 28.9 Å². The number of methoxy groups -OCH3 is 1. The van der Waals surface area contributed by atoms with Crippen LogP contribution in [-0.2, 0) is 6.61 Å². The normalized spacial score (nSPS) is 11.0. The lowest BCUT2D eigenvalue weighted by atomic mass is 10.2. The number of ether oxygens (including phenoxy) is 2. The lowest BCUT2D eigenvalue weighted by Crippen LogP contribution is -2.02. The second kappa shape index (κ2) is 6.48. The second-order valence-corrected chi connectivity index (χ2v) is 6.15. The van der Waals surface area contributed by atoms with E-state index >= 15 is 0 Å². The number of aromatic nitrogens is 4. The molecule has 0 amide bonds. The van der Waals surface area contributed by atoms with Gasteiger partial charge in [0.15, 0.2) is 5.82 Å². The average Bonchev–Trinajstić information content (AvgIpc) is 3.22. The van der Waals surface area contributed by atoms with Gasteiger partial charge in [0.2, 0.25) is 4.96 Å². The Bertz CT molecular complexity index is 1010. The number of hydrogen-bond acceptors (Lipinski definition) is 6. The summed E-state index contributed by atoms with van der Waals surface area (Å²) < 4.78 is 25.4. The van der Waals surface area contributed by atoms with Crippen molar-refractivity contribution in [3.05, 3.63) is 60.2 Å². The largest absolute Gasteiger partial charge is 0.497 e. The van der Waals surface area contributed by atoms with Crippen LogP contribution >= 0.6 is 11.3 Å². The lowest BCUT2D eigenvalue weighted by Gasteiger charge is -2.03. The smallest absolute Gasteiger partial charge is 0.235 e. The molecule has 0 atom stereocenters. The Morgan fingerprint density at radius 3 is 2.72 bits per heavy atom. The molecule has 4 aromatic rings. The molecule has 0 bridgehead atoms. The first-order chi connectivity index (χ1) is 12.2. The van der Waals surface area contributed by atoms with Crippen molar-refractivity contribution in [2.75, 3.05) is 7.11 Å². The van der Waals surface area contributed by atoms with Crippen LogP contribution in [0.3, 0.4) is 0 Å². The Morgan fingerprint density at radius 2 is 1.92 bits per heavy atom. The standard InChI is InChI=1S/C17H13FN4O2S/c1-23-14-4-2-3-11(9-14)16-21-22-15(19-20-17(22)25-16)10-24-13-7-5-12(18)6-8-13/h2-9H,10H2,1H3. The summed E-state index contributed by atoms with van der Waals surface area (Å²) in [7, 11) is 1.63. The summed E-state index contributed by atoms with van der Waals surface area (Å²) in [5, 5.41) is 13.6. The summed E-state index contributed by atoms with van der Waals surface area (Å²) in [4.78, 5) is 0.676. The maximum atomic E-state index is 12.9. The Kier molecular flexibility index (Phi) is 4.02. The fraction of sp³-hybridized carbons (Fsp3) is 0.118. The summed E-state index contributed by atoms with van der Waals surface area (Å²) in [6.45, 7) is 0.189. The molecular formula is C17H13FN4O2S. The summed E-state index contributed by atoms with van der Waals surface area (Å²) in [6, 6.07) is 13.5. The topological polar surface area (TPSA) is 61.5 Å². The quantitative estimate of drug-likeness (QED) is 0.547. The van der Waals surface area contributed by atoms with Gasteiger partial charge in [-0.2, -0.15) is 9.61 Å². The van der Waals surface area contributed by atoms with Gasteiger partial charge in [0, 0.05) is 5.56 Å². The van der Waals surface area contributed by atoms with Crippen LogP contribution in [0.2, 0.25) is 0 Å². The van der Waals surface area contributed by atoms with E-state index < -0.39 is 0 Å². The third-order valence-corrected chi connectivity index (χ3v) is 4.50. The fourth-order valence-corrected chi connectivity index (χ4v) is 3.15. The average molecular weight is 356 g/mol. The van der Waals surface area contributed by atoms with Crippen LogP contribution in [-0.4, -0.2) is 26.9 Å². The molecule has 2 aromatic carbocycles. The maximum Gasteiger partial charge on any atom is 0.235 e. The van der Waals surface area contributed by atoms with E-state index in [9.17, 15) is 4.39 Å². The molecule has 0 radical (unpaired) electrons. The van der Waals surface area contributed by atoms with Crippen molar-refractivity contribution in [1.82, 2.24) is 19.8 Å². The molecule has 0 saturated carbocycles. The van der Waals surface area contributed by atoms with Crippen LogP contribution < -0.4 is 9.47 Å².